The number of carbonyl (C=O) groups is 4. The van der Waals surface area contributed by atoms with Gasteiger partial charge in [-0.1, -0.05) is 18.2 Å². The van der Waals surface area contributed by atoms with Crippen molar-refractivity contribution in [1.82, 2.24) is 44.7 Å². The van der Waals surface area contributed by atoms with E-state index in [0.29, 0.717) is 37.2 Å². The highest BCUT2D eigenvalue weighted by atomic mass is 32.1. The maximum absolute atomic E-state index is 13.6. The second-order valence-corrected chi connectivity index (χ2v) is 16.1. The highest BCUT2D eigenvalue weighted by Crippen LogP contribution is 2.42. The van der Waals surface area contributed by atoms with Crippen molar-refractivity contribution in [2.45, 2.75) is 90.0 Å². The number of thiol groups is 1. The molecular weight excluding hydrogens is 771 g/mol. The minimum atomic E-state index is -1.04. The van der Waals surface area contributed by atoms with Crippen molar-refractivity contribution in [3.63, 3.8) is 0 Å². The molecule has 16 nitrogen and oxygen atoms in total. The number of morpholine rings is 1. The van der Waals surface area contributed by atoms with Gasteiger partial charge in [-0.3, -0.25) is 29.4 Å². The third kappa shape index (κ3) is 7.45. The number of rotatable bonds is 11. The molecule has 3 aliphatic heterocycles. The number of nitrogens with zero attached hydrogens (tertiary/aromatic N) is 9. The number of carbonyl (C=O) groups excluding carboxylic acids is 4. The van der Waals surface area contributed by atoms with Gasteiger partial charge in [-0.25, -0.2) is 19.6 Å². The zero-order valence-electron chi connectivity index (χ0n) is 33.9. The Morgan fingerprint density at radius 3 is 2.61 bits per heavy atom. The van der Waals surface area contributed by atoms with Crippen LogP contribution in [-0.4, -0.2) is 101 Å². The highest BCUT2D eigenvalue weighted by Gasteiger charge is 2.45. The summed E-state index contributed by atoms with van der Waals surface area (Å²) in [5, 5.41) is 15.2. The lowest BCUT2D eigenvalue weighted by molar-refractivity contribution is -0.136. The molecule has 3 atom stereocenters. The maximum atomic E-state index is 13.6. The summed E-state index contributed by atoms with van der Waals surface area (Å²) in [6.45, 7) is 11.7. The van der Waals surface area contributed by atoms with Crippen LogP contribution in [0.25, 0.3) is 22.4 Å². The van der Waals surface area contributed by atoms with E-state index in [1.807, 2.05) is 16.9 Å². The van der Waals surface area contributed by atoms with Crippen LogP contribution in [0.3, 0.4) is 0 Å². The zero-order chi connectivity index (χ0) is 41.6. The second-order valence-electron chi connectivity index (χ2n) is 16.1. The van der Waals surface area contributed by atoms with Crippen molar-refractivity contribution in [2.75, 3.05) is 36.2 Å². The van der Waals surface area contributed by atoms with Crippen molar-refractivity contribution in [2.24, 2.45) is 5.92 Å². The fourth-order valence-electron chi connectivity index (χ4n) is 8.21. The first-order chi connectivity index (χ1) is 28.5. The van der Waals surface area contributed by atoms with Crippen LogP contribution in [0.5, 0.6) is 0 Å². The molecule has 59 heavy (non-hydrogen) atoms. The molecule has 1 saturated carbocycles. The van der Waals surface area contributed by atoms with Crippen molar-refractivity contribution in [3.8, 4) is 11.4 Å². The number of anilines is 2. The van der Waals surface area contributed by atoms with Crippen LogP contribution < -0.4 is 15.5 Å². The molecule has 5 aromatic rings. The number of ether oxygens (including phenoxy) is 1. The molecule has 3 fully saturated rings. The molecule has 9 rings (SSSR count). The van der Waals surface area contributed by atoms with Crippen LogP contribution in [0.2, 0.25) is 0 Å². The Kier molecular flexibility index (Phi) is 11.0. The van der Waals surface area contributed by atoms with Gasteiger partial charge in [0, 0.05) is 71.8 Å². The molecule has 17 heteroatoms. The van der Waals surface area contributed by atoms with Gasteiger partial charge in [0.1, 0.15) is 17.5 Å². The van der Waals surface area contributed by atoms with Crippen LogP contribution in [0.1, 0.15) is 91.4 Å². The number of pyridine rings is 1. The number of aromatic nitrogens is 7. The summed E-state index contributed by atoms with van der Waals surface area (Å²) in [5.41, 5.74) is 4.12. The van der Waals surface area contributed by atoms with Gasteiger partial charge in [0.25, 0.3) is 11.8 Å². The van der Waals surface area contributed by atoms with E-state index in [0.717, 1.165) is 58.1 Å². The average Bonchev–Trinajstić information content (AvgIpc) is 3.75. The van der Waals surface area contributed by atoms with Gasteiger partial charge >= 0.3 is 0 Å². The fraction of sp³-hybridized carbons (Fsp3) is 0.452. The molecule has 308 valence electrons. The third-order valence-electron chi connectivity index (χ3n) is 12.1. The second kappa shape index (κ2) is 16.2. The summed E-state index contributed by atoms with van der Waals surface area (Å²) in [4.78, 5) is 69.7. The largest absolute Gasteiger partial charge is 0.379 e. The molecule has 0 bridgehead atoms. The van der Waals surface area contributed by atoms with Gasteiger partial charge in [-0.05, 0) is 76.5 Å². The third-order valence-corrected chi connectivity index (χ3v) is 12.1. The fourth-order valence-corrected chi connectivity index (χ4v) is 8.21. The van der Waals surface area contributed by atoms with Crippen LogP contribution >= 0.6 is 12.6 Å². The minimum Gasteiger partial charge on any atom is -0.379 e. The normalized spacial score (nSPS) is 20.0. The molecule has 2 N–H and O–H groups in total. The first-order valence-corrected chi connectivity index (χ1v) is 21.0. The van der Waals surface area contributed by atoms with Crippen LogP contribution in [0.15, 0.2) is 55.0 Å². The lowest BCUT2D eigenvalue weighted by Gasteiger charge is -2.34. The van der Waals surface area contributed by atoms with Crippen molar-refractivity contribution in [3.05, 3.63) is 77.5 Å². The predicted molar refractivity (Wildman–Crippen MR) is 224 cm³/mol. The highest BCUT2D eigenvalue weighted by molar-refractivity contribution is 7.79. The number of amides is 4. The summed E-state index contributed by atoms with van der Waals surface area (Å²) in [6.07, 6.45) is 9.73. The molecule has 4 amide bonds. The number of benzene rings is 1. The molecule has 7 heterocycles. The topological polar surface area (TPSA) is 182 Å². The Morgan fingerprint density at radius 1 is 1.03 bits per heavy atom. The van der Waals surface area contributed by atoms with Crippen molar-refractivity contribution < 1.29 is 23.9 Å². The first-order valence-electron chi connectivity index (χ1n) is 20.1. The van der Waals surface area contributed by atoms with Gasteiger partial charge in [-0.2, -0.15) is 12.6 Å². The van der Waals surface area contributed by atoms with Gasteiger partial charge in [-0.15, -0.1) is 5.10 Å². The molecule has 1 aliphatic carbocycles. The van der Waals surface area contributed by atoms with Gasteiger partial charge < -0.3 is 19.5 Å². The Hall–Kier alpha value is -5.68. The number of fused-ring (bicyclic) bond motifs is 2. The predicted octanol–water partition coefficient (Wildman–Crippen LogP) is 4.82. The smallest absolute Gasteiger partial charge is 0.264 e. The summed E-state index contributed by atoms with van der Waals surface area (Å²) < 4.78 is 9.78. The number of imide groups is 2. The zero-order valence-corrected chi connectivity index (χ0v) is 34.8. The first kappa shape index (κ1) is 40.1. The van der Waals surface area contributed by atoms with Gasteiger partial charge in [0.05, 0.1) is 48.8 Å². The monoisotopic (exact) mass is 819 g/mol. The van der Waals surface area contributed by atoms with Crippen LogP contribution in [0, 0.1) is 5.92 Å². The Labute approximate surface area is 347 Å². The summed E-state index contributed by atoms with van der Waals surface area (Å²) in [5.74, 6) is -0.0176. The Morgan fingerprint density at radius 2 is 1.85 bits per heavy atom. The molecule has 3 unspecified atom stereocenters. The molecule has 0 radical (unpaired) electrons. The Bertz CT molecular complexity index is 2440. The number of nitrogens with one attached hydrogen (secondary N) is 2. The van der Waals surface area contributed by atoms with Gasteiger partial charge in [0.15, 0.2) is 5.82 Å². The van der Waals surface area contributed by atoms with E-state index in [4.69, 9.17) is 19.7 Å². The number of hydrogen-bond donors (Lipinski definition) is 3. The number of hydrogen-bond acceptors (Lipinski definition) is 13. The Balaban J connectivity index is 0.00000238. The van der Waals surface area contributed by atoms with Crippen LogP contribution in [-0.2, 0) is 33.0 Å². The lowest BCUT2D eigenvalue weighted by atomic mass is 9.88. The summed E-state index contributed by atoms with van der Waals surface area (Å²) in [7, 11) is 0. The molecule has 1 aromatic carbocycles. The van der Waals surface area contributed by atoms with Crippen molar-refractivity contribution >= 4 is 58.8 Å². The van der Waals surface area contributed by atoms with E-state index in [2.05, 4.69) is 89.1 Å². The van der Waals surface area contributed by atoms with E-state index >= 15 is 0 Å². The number of piperidine rings is 1. The average molecular weight is 820 g/mol. The summed E-state index contributed by atoms with van der Waals surface area (Å²) in [6, 6.07) is 10.5. The molecule has 4 aromatic heterocycles. The van der Waals surface area contributed by atoms with E-state index in [9.17, 15) is 19.2 Å². The van der Waals surface area contributed by atoms with E-state index < -0.39 is 35.2 Å². The maximum Gasteiger partial charge on any atom is 0.264 e. The molecule has 0 spiro atoms. The minimum absolute atomic E-state index is 0.0464. The molecular formula is C42H49N11O5S. The van der Waals surface area contributed by atoms with Crippen LogP contribution in [0.4, 0.5) is 11.5 Å². The molecule has 4 aliphatic rings. The lowest BCUT2D eigenvalue weighted by Crippen LogP contribution is -2.54. The van der Waals surface area contributed by atoms with E-state index in [1.54, 1.807) is 30.7 Å². The van der Waals surface area contributed by atoms with E-state index in [-0.39, 0.29) is 42.5 Å². The van der Waals surface area contributed by atoms with Crippen molar-refractivity contribution in [1.29, 1.82) is 0 Å². The summed E-state index contributed by atoms with van der Waals surface area (Å²) >= 11 is 3.53. The SMILES string of the molecule is CC1COCCN1c1cc(C2CC2)nc(-c2ccnc3c2ccn3C(C)(C)C(C)Cn2nncc2CNc2cccc3c2C(=O)N(C2CCC(=O)NC2=O)C3=O)n1.CS. The quantitative estimate of drug-likeness (QED) is 0.122. The van der Waals surface area contributed by atoms with E-state index in [1.165, 1.54) is 0 Å². The standard InChI is InChI=1S/C41H45N11O5.CH4S/c1-23(21-51-26(20-44-48-51)19-43-30-7-5-6-29-35(30)40(56)52(39(29)55)32-10-11-34(53)47-38(32)54)41(3,4)50-15-13-28-27(12-14-42-37(28)50)36-45-31(25-8-9-25)18-33(46-36)49-16-17-57-22-24(49)2;1-2/h5-7,12-15,18,20,23-25,32,43H,8-11,16-17,19,21-22H2,1-4H3,(H,47,53,54);2H,1H3. The van der Waals surface area contributed by atoms with Gasteiger partial charge in [0.2, 0.25) is 11.8 Å². The molecule has 2 saturated heterocycles.